The zero-order valence-electron chi connectivity index (χ0n) is 14.3. The van der Waals surface area contributed by atoms with Crippen molar-refractivity contribution in [2.45, 2.75) is 32.9 Å². The van der Waals surface area contributed by atoms with Crippen molar-refractivity contribution in [2.75, 3.05) is 0 Å². The monoisotopic (exact) mass is 342 g/mol. The van der Waals surface area contributed by atoms with Crippen molar-refractivity contribution in [2.24, 2.45) is 5.73 Å². The van der Waals surface area contributed by atoms with Crippen molar-refractivity contribution < 1.29 is 19.8 Å². The van der Waals surface area contributed by atoms with Gasteiger partial charge in [-0.15, -0.1) is 0 Å². The molecule has 0 saturated carbocycles. The molecule has 6 nitrogen and oxygen atoms in total. The molecule has 0 amide bonds. The number of fused-ring (bicyclic) bond motifs is 3. The van der Waals surface area contributed by atoms with E-state index in [0.717, 1.165) is 13.0 Å². The number of aliphatic carboxylic acids is 2. The Morgan fingerprint density at radius 3 is 2.44 bits per heavy atom. The summed E-state index contributed by atoms with van der Waals surface area (Å²) in [6.07, 6.45) is 4.35. The van der Waals surface area contributed by atoms with E-state index in [2.05, 4.69) is 48.9 Å². The van der Waals surface area contributed by atoms with E-state index in [0.29, 0.717) is 12.2 Å². The summed E-state index contributed by atoms with van der Waals surface area (Å²) in [5.41, 5.74) is 13.0. The highest BCUT2D eigenvalue weighted by Crippen LogP contribution is 2.38. The van der Waals surface area contributed by atoms with Crippen molar-refractivity contribution in [1.29, 1.82) is 0 Å². The highest BCUT2D eigenvalue weighted by Gasteiger charge is 2.23. The molecule has 2 aromatic rings. The Kier molecular flexibility index (Phi) is 5.77. The summed E-state index contributed by atoms with van der Waals surface area (Å²) in [5.74, 6) is -2.51. The topological polar surface area (TPSA) is 106 Å². The van der Waals surface area contributed by atoms with Gasteiger partial charge in [-0.1, -0.05) is 18.2 Å². The van der Waals surface area contributed by atoms with Gasteiger partial charge in [0.25, 0.3) is 0 Å². The van der Waals surface area contributed by atoms with Crippen LogP contribution >= 0.6 is 0 Å². The third-order valence-electron chi connectivity index (χ3n) is 3.93. The van der Waals surface area contributed by atoms with E-state index in [1.165, 1.54) is 27.9 Å². The summed E-state index contributed by atoms with van der Waals surface area (Å²) in [6, 6.07) is 9.00. The Labute approximate surface area is 146 Å². The molecule has 0 fully saturated rings. The Morgan fingerprint density at radius 2 is 1.88 bits per heavy atom. The highest BCUT2D eigenvalue weighted by atomic mass is 16.4. The van der Waals surface area contributed by atoms with Gasteiger partial charge in [0, 0.05) is 42.9 Å². The second-order valence-electron chi connectivity index (χ2n) is 6.11. The van der Waals surface area contributed by atoms with E-state index in [-0.39, 0.29) is 6.04 Å². The van der Waals surface area contributed by atoms with Gasteiger partial charge in [0.05, 0.1) is 5.69 Å². The SMILES string of the molecule is Cc1cccc2c1Cc1ccn(CC(C)N)c1-2.O=C(O)/C=C/C(=O)O. The molecule has 1 heterocycles. The van der Waals surface area contributed by atoms with Crippen molar-refractivity contribution in [1.82, 2.24) is 4.57 Å². The molecule has 0 radical (unpaired) electrons. The average molecular weight is 342 g/mol. The van der Waals surface area contributed by atoms with Gasteiger partial charge in [0.1, 0.15) is 0 Å². The largest absolute Gasteiger partial charge is 0.478 e. The number of benzene rings is 1. The van der Waals surface area contributed by atoms with E-state index >= 15 is 0 Å². The Bertz CT molecular complexity index is 803. The lowest BCUT2D eigenvalue weighted by Gasteiger charge is -2.12. The molecule has 3 rings (SSSR count). The molecule has 25 heavy (non-hydrogen) atoms. The molecule has 4 N–H and O–H groups in total. The Balaban J connectivity index is 0.000000242. The van der Waals surface area contributed by atoms with Gasteiger partial charge in [-0.25, -0.2) is 9.59 Å². The predicted octanol–water partition coefficient (Wildman–Crippen LogP) is 2.43. The molecule has 6 heteroatoms. The molecule has 0 saturated heterocycles. The smallest absolute Gasteiger partial charge is 0.328 e. The van der Waals surface area contributed by atoms with Crippen LogP contribution in [0.3, 0.4) is 0 Å². The van der Waals surface area contributed by atoms with E-state index in [9.17, 15) is 9.59 Å². The number of aryl methyl sites for hydroxylation is 1. The van der Waals surface area contributed by atoms with E-state index in [1.54, 1.807) is 0 Å². The van der Waals surface area contributed by atoms with Gasteiger partial charge in [-0.05, 0) is 36.6 Å². The summed E-state index contributed by atoms with van der Waals surface area (Å²) in [7, 11) is 0. The fourth-order valence-corrected chi connectivity index (χ4v) is 2.94. The predicted molar refractivity (Wildman–Crippen MR) is 95.5 cm³/mol. The molecule has 1 aromatic carbocycles. The molecule has 1 atom stereocenters. The number of hydrogen-bond acceptors (Lipinski definition) is 3. The molecule has 1 aliphatic carbocycles. The van der Waals surface area contributed by atoms with Crippen LogP contribution in [0.15, 0.2) is 42.6 Å². The van der Waals surface area contributed by atoms with Crippen LogP contribution in [0.5, 0.6) is 0 Å². The number of aromatic nitrogens is 1. The third-order valence-corrected chi connectivity index (χ3v) is 3.93. The minimum atomic E-state index is -1.26. The molecular formula is C19H22N2O4. The van der Waals surface area contributed by atoms with Crippen molar-refractivity contribution in [3.63, 3.8) is 0 Å². The number of carbonyl (C=O) groups is 2. The Hall–Kier alpha value is -2.86. The van der Waals surface area contributed by atoms with Crippen LogP contribution in [0.25, 0.3) is 11.3 Å². The fraction of sp³-hybridized carbons (Fsp3) is 0.263. The lowest BCUT2D eigenvalue weighted by molar-refractivity contribution is -0.134. The number of nitrogens with two attached hydrogens (primary N) is 1. The molecule has 0 bridgehead atoms. The molecule has 1 aromatic heterocycles. The molecule has 0 spiro atoms. The minimum absolute atomic E-state index is 0.195. The van der Waals surface area contributed by atoms with Gasteiger partial charge < -0.3 is 20.5 Å². The van der Waals surface area contributed by atoms with Crippen LogP contribution in [0, 0.1) is 6.92 Å². The molecule has 1 aliphatic rings. The first-order valence-corrected chi connectivity index (χ1v) is 7.96. The summed E-state index contributed by atoms with van der Waals surface area (Å²) >= 11 is 0. The third kappa shape index (κ3) is 4.58. The first-order chi connectivity index (χ1) is 11.8. The minimum Gasteiger partial charge on any atom is -0.478 e. The summed E-state index contributed by atoms with van der Waals surface area (Å²) in [5, 5.41) is 15.6. The number of carboxylic acids is 2. The second kappa shape index (κ2) is 7.81. The Morgan fingerprint density at radius 1 is 1.24 bits per heavy atom. The van der Waals surface area contributed by atoms with Gasteiger partial charge >= 0.3 is 11.9 Å². The maximum Gasteiger partial charge on any atom is 0.328 e. The summed E-state index contributed by atoms with van der Waals surface area (Å²) in [4.78, 5) is 19.1. The quantitative estimate of drug-likeness (QED) is 0.632. The van der Waals surface area contributed by atoms with Crippen LogP contribution in [-0.2, 0) is 22.6 Å². The van der Waals surface area contributed by atoms with Crippen LogP contribution in [0.1, 0.15) is 23.6 Å². The first-order valence-electron chi connectivity index (χ1n) is 7.96. The highest BCUT2D eigenvalue weighted by molar-refractivity contribution is 5.89. The van der Waals surface area contributed by atoms with Crippen LogP contribution in [0.4, 0.5) is 0 Å². The van der Waals surface area contributed by atoms with E-state index in [1.807, 2.05) is 0 Å². The lowest BCUT2D eigenvalue weighted by Crippen LogP contribution is -2.22. The van der Waals surface area contributed by atoms with Gasteiger partial charge in [-0.3, -0.25) is 0 Å². The summed E-state index contributed by atoms with van der Waals surface area (Å²) in [6.45, 7) is 5.14. The van der Waals surface area contributed by atoms with Gasteiger partial charge in [-0.2, -0.15) is 0 Å². The van der Waals surface area contributed by atoms with Crippen LogP contribution < -0.4 is 5.73 Å². The second-order valence-corrected chi connectivity index (χ2v) is 6.11. The lowest BCUT2D eigenvalue weighted by atomic mass is 10.0. The van der Waals surface area contributed by atoms with E-state index < -0.39 is 11.9 Å². The van der Waals surface area contributed by atoms with Gasteiger partial charge in [0.15, 0.2) is 0 Å². The molecule has 0 aliphatic heterocycles. The van der Waals surface area contributed by atoms with Crippen molar-refractivity contribution in [3.8, 4) is 11.3 Å². The zero-order chi connectivity index (χ0) is 18.6. The number of hydrogen-bond donors (Lipinski definition) is 3. The average Bonchev–Trinajstić information content (AvgIpc) is 3.07. The fourth-order valence-electron chi connectivity index (χ4n) is 2.94. The van der Waals surface area contributed by atoms with Crippen molar-refractivity contribution in [3.05, 3.63) is 59.3 Å². The summed E-state index contributed by atoms with van der Waals surface area (Å²) < 4.78 is 2.30. The normalized spacial score (nSPS) is 12.9. The first kappa shape index (κ1) is 18.5. The maximum absolute atomic E-state index is 9.55. The number of carboxylic acid groups (broad SMARTS) is 2. The molecule has 1 unspecified atom stereocenters. The standard InChI is InChI=1S/C15H18N2.C4H4O4/c1-10-4-3-5-13-14(10)8-12-6-7-17(15(12)13)9-11(2)16;5-3(6)1-2-4(7)8/h3-7,11H,8-9,16H2,1-2H3;1-2H,(H,5,6)(H,7,8)/b;2-1+. The number of rotatable bonds is 4. The van der Waals surface area contributed by atoms with Crippen molar-refractivity contribution >= 4 is 11.9 Å². The molecule has 132 valence electrons. The molecular weight excluding hydrogens is 320 g/mol. The maximum atomic E-state index is 9.55. The zero-order valence-corrected chi connectivity index (χ0v) is 14.3. The van der Waals surface area contributed by atoms with Crippen LogP contribution in [-0.4, -0.2) is 32.8 Å². The number of nitrogens with zero attached hydrogens (tertiary/aromatic N) is 1. The van der Waals surface area contributed by atoms with E-state index in [4.69, 9.17) is 15.9 Å². The van der Waals surface area contributed by atoms with Crippen LogP contribution in [0.2, 0.25) is 0 Å². The van der Waals surface area contributed by atoms with Gasteiger partial charge in [0.2, 0.25) is 0 Å².